The van der Waals surface area contributed by atoms with Crippen LogP contribution in [0.4, 0.5) is 0 Å². The predicted octanol–water partition coefficient (Wildman–Crippen LogP) is 3.28. The van der Waals surface area contributed by atoms with Crippen molar-refractivity contribution in [2.24, 2.45) is 0 Å². The quantitative estimate of drug-likeness (QED) is 0.857. The Morgan fingerprint density at radius 2 is 2.06 bits per heavy atom. The summed E-state index contributed by atoms with van der Waals surface area (Å²) in [4.78, 5) is 0. The van der Waals surface area contributed by atoms with Crippen LogP contribution in [0.25, 0.3) is 0 Å². The van der Waals surface area contributed by atoms with Crippen LogP contribution < -0.4 is 4.74 Å². The lowest BCUT2D eigenvalue weighted by atomic mass is 9.88. The largest absolute Gasteiger partial charge is 0.486 e. The number of hydrogen-bond acceptors (Lipinski definition) is 3. The molecule has 2 rings (SSSR count). The monoisotopic (exact) mass is 340 g/mol. The number of benzene rings is 1. The molecule has 6 heteroatoms. The predicted molar refractivity (Wildman–Crippen MR) is 70.0 cm³/mol. The van der Waals surface area contributed by atoms with Gasteiger partial charge >= 0.3 is 0 Å². The minimum Gasteiger partial charge on any atom is -0.486 e. The van der Waals surface area contributed by atoms with Gasteiger partial charge in [-0.05, 0) is 22.0 Å². The Morgan fingerprint density at radius 3 is 2.65 bits per heavy atom. The highest BCUT2D eigenvalue weighted by Crippen LogP contribution is 2.37. The molecule has 1 aliphatic carbocycles. The highest BCUT2D eigenvalue weighted by Gasteiger charge is 2.42. The molecule has 1 aromatic rings. The molecule has 3 unspecified atom stereocenters. The SMILES string of the molecule is COC1C(O)CC1Oc1cc(Cl)c(Br)cc1Cl. The first-order chi connectivity index (χ1) is 8.02. The Balaban J connectivity index is 2.12. The molecule has 0 radical (unpaired) electrons. The van der Waals surface area contributed by atoms with Gasteiger partial charge in [0.05, 0.1) is 16.1 Å². The number of halogens is 3. The molecule has 1 N–H and O–H groups in total. The average Bonchev–Trinajstić information content (AvgIpc) is 2.25. The number of hydrogen-bond donors (Lipinski definition) is 1. The molecule has 1 aromatic carbocycles. The van der Waals surface area contributed by atoms with E-state index in [-0.39, 0.29) is 12.2 Å². The summed E-state index contributed by atoms with van der Waals surface area (Å²) >= 11 is 15.3. The van der Waals surface area contributed by atoms with Gasteiger partial charge in [-0.2, -0.15) is 0 Å². The second-order valence-corrected chi connectivity index (χ2v) is 5.53. The van der Waals surface area contributed by atoms with E-state index in [1.807, 2.05) is 0 Å². The van der Waals surface area contributed by atoms with Crippen molar-refractivity contribution in [2.75, 3.05) is 7.11 Å². The Kier molecular flexibility index (Phi) is 4.21. The van der Waals surface area contributed by atoms with E-state index in [1.165, 1.54) is 0 Å². The second kappa shape index (κ2) is 5.33. The summed E-state index contributed by atoms with van der Waals surface area (Å²) in [5.74, 6) is 0.499. The molecule has 1 saturated carbocycles. The zero-order valence-electron chi connectivity index (χ0n) is 8.99. The van der Waals surface area contributed by atoms with Crippen LogP contribution in [0.5, 0.6) is 5.75 Å². The summed E-state index contributed by atoms with van der Waals surface area (Å²) in [5.41, 5.74) is 0. The van der Waals surface area contributed by atoms with E-state index < -0.39 is 6.10 Å². The molecule has 94 valence electrons. The van der Waals surface area contributed by atoms with Crippen molar-refractivity contribution in [2.45, 2.75) is 24.7 Å². The van der Waals surface area contributed by atoms with E-state index in [1.54, 1.807) is 19.2 Å². The van der Waals surface area contributed by atoms with Gasteiger partial charge in [-0.3, -0.25) is 0 Å². The first-order valence-electron chi connectivity index (χ1n) is 5.05. The third-order valence-corrected chi connectivity index (χ3v) is 4.24. The smallest absolute Gasteiger partial charge is 0.140 e. The zero-order valence-corrected chi connectivity index (χ0v) is 12.1. The summed E-state index contributed by atoms with van der Waals surface area (Å²) in [7, 11) is 1.54. The first-order valence-corrected chi connectivity index (χ1v) is 6.60. The van der Waals surface area contributed by atoms with Gasteiger partial charge in [0.1, 0.15) is 18.0 Å². The van der Waals surface area contributed by atoms with Crippen LogP contribution in [0.15, 0.2) is 16.6 Å². The lowest BCUT2D eigenvalue weighted by Gasteiger charge is -2.40. The molecule has 1 aliphatic rings. The maximum Gasteiger partial charge on any atom is 0.140 e. The fourth-order valence-corrected chi connectivity index (χ4v) is 2.58. The van der Waals surface area contributed by atoms with Crippen LogP contribution in [0, 0.1) is 0 Å². The maximum atomic E-state index is 9.45. The number of aliphatic hydroxyl groups is 1. The highest BCUT2D eigenvalue weighted by atomic mass is 79.9. The Bertz CT molecular complexity index is 427. The van der Waals surface area contributed by atoms with Gasteiger partial charge in [-0.15, -0.1) is 0 Å². The van der Waals surface area contributed by atoms with Crippen LogP contribution >= 0.6 is 39.1 Å². The van der Waals surface area contributed by atoms with Crippen molar-refractivity contribution in [1.82, 2.24) is 0 Å². The summed E-state index contributed by atoms with van der Waals surface area (Å²) < 4.78 is 11.5. The molecule has 3 nitrogen and oxygen atoms in total. The van der Waals surface area contributed by atoms with E-state index in [0.717, 1.165) is 0 Å². The summed E-state index contributed by atoms with van der Waals surface area (Å²) in [6.07, 6.45) is -0.448. The Labute approximate surface area is 118 Å². The number of methoxy groups -OCH3 is 1. The van der Waals surface area contributed by atoms with Crippen molar-refractivity contribution in [3.8, 4) is 5.75 Å². The summed E-state index contributed by atoms with van der Waals surface area (Å²) in [5, 5.41) is 10.4. The Morgan fingerprint density at radius 1 is 1.35 bits per heavy atom. The van der Waals surface area contributed by atoms with Crippen LogP contribution in [0.1, 0.15) is 6.42 Å². The van der Waals surface area contributed by atoms with E-state index in [9.17, 15) is 5.11 Å². The minimum absolute atomic E-state index is 0.190. The minimum atomic E-state index is -0.477. The van der Waals surface area contributed by atoms with Gasteiger partial charge in [-0.25, -0.2) is 0 Å². The van der Waals surface area contributed by atoms with Gasteiger partial charge in [-0.1, -0.05) is 23.2 Å². The van der Waals surface area contributed by atoms with Crippen LogP contribution in [0.3, 0.4) is 0 Å². The fourth-order valence-electron chi connectivity index (χ4n) is 1.74. The van der Waals surface area contributed by atoms with Crippen molar-refractivity contribution in [3.05, 3.63) is 26.7 Å². The molecule has 0 heterocycles. The Hall–Kier alpha value is -0.0000000000000000555. The van der Waals surface area contributed by atoms with Gasteiger partial charge in [0, 0.05) is 24.1 Å². The molecular weight excluding hydrogens is 331 g/mol. The summed E-state index contributed by atoms with van der Waals surface area (Å²) in [6.45, 7) is 0. The molecule has 0 bridgehead atoms. The molecular formula is C11H11BrCl2O3. The first kappa shape index (κ1) is 13.4. The summed E-state index contributed by atoms with van der Waals surface area (Å²) in [6, 6.07) is 3.32. The van der Waals surface area contributed by atoms with Crippen molar-refractivity contribution >= 4 is 39.1 Å². The van der Waals surface area contributed by atoms with Crippen molar-refractivity contribution in [3.63, 3.8) is 0 Å². The number of ether oxygens (including phenoxy) is 2. The molecule has 0 aliphatic heterocycles. The van der Waals surface area contributed by atoms with Gasteiger partial charge in [0.15, 0.2) is 0 Å². The van der Waals surface area contributed by atoms with Gasteiger partial charge in [0.2, 0.25) is 0 Å². The molecule has 3 atom stereocenters. The average molecular weight is 342 g/mol. The molecule has 0 spiro atoms. The van der Waals surface area contributed by atoms with Crippen LogP contribution in [-0.4, -0.2) is 30.5 Å². The standard InChI is InChI=1S/C11H11BrCl2O3/c1-16-11-8(15)4-10(11)17-9-3-6(13)5(12)2-7(9)14/h2-3,8,10-11,15H,4H2,1H3. The lowest BCUT2D eigenvalue weighted by molar-refractivity contribution is -0.149. The highest BCUT2D eigenvalue weighted by molar-refractivity contribution is 9.10. The van der Waals surface area contributed by atoms with E-state index in [0.29, 0.717) is 26.7 Å². The van der Waals surface area contributed by atoms with Gasteiger partial charge < -0.3 is 14.6 Å². The molecule has 0 amide bonds. The molecule has 0 aromatic heterocycles. The van der Waals surface area contributed by atoms with E-state index in [2.05, 4.69) is 15.9 Å². The van der Waals surface area contributed by atoms with Crippen LogP contribution in [0.2, 0.25) is 10.0 Å². The maximum absolute atomic E-state index is 9.45. The van der Waals surface area contributed by atoms with E-state index >= 15 is 0 Å². The number of aliphatic hydroxyl groups excluding tert-OH is 1. The van der Waals surface area contributed by atoms with Gasteiger partial charge in [0.25, 0.3) is 0 Å². The molecule has 1 fully saturated rings. The fraction of sp³-hybridized carbons (Fsp3) is 0.455. The topological polar surface area (TPSA) is 38.7 Å². The third kappa shape index (κ3) is 2.71. The lowest BCUT2D eigenvalue weighted by Crippen LogP contribution is -2.54. The van der Waals surface area contributed by atoms with Crippen LogP contribution in [-0.2, 0) is 4.74 Å². The second-order valence-electron chi connectivity index (χ2n) is 3.86. The van der Waals surface area contributed by atoms with Crippen molar-refractivity contribution < 1.29 is 14.6 Å². The zero-order chi connectivity index (χ0) is 12.6. The normalized spacial score (nSPS) is 27.7. The molecule has 0 saturated heterocycles. The molecule has 17 heavy (non-hydrogen) atoms. The number of rotatable bonds is 3. The van der Waals surface area contributed by atoms with E-state index in [4.69, 9.17) is 32.7 Å². The third-order valence-electron chi connectivity index (χ3n) is 2.74. The van der Waals surface area contributed by atoms with Crippen molar-refractivity contribution in [1.29, 1.82) is 0 Å².